The standard InChI is InChI=1S/C24H34N2O3/c1-8-28-21-11-10-20(14-22(21)29-9-2)18(6)25-19(7)24(27)26-23-16(4)12-15(3)13-17(23)5/h10-14,18-19,25H,8-9H2,1-7H3,(H,26,27)/p+1/t18-,19-/m1/s1. The smallest absolute Gasteiger partial charge is 0.282 e. The fourth-order valence-corrected chi connectivity index (χ4v) is 3.60. The third kappa shape index (κ3) is 5.97. The number of nitrogens with two attached hydrogens (primary N) is 1. The van der Waals surface area contributed by atoms with Crippen molar-refractivity contribution in [2.45, 2.75) is 60.5 Å². The topological polar surface area (TPSA) is 64.2 Å². The van der Waals surface area contributed by atoms with Gasteiger partial charge in [-0.2, -0.15) is 0 Å². The maximum Gasteiger partial charge on any atom is 0.282 e. The van der Waals surface area contributed by atoms with E-state index in [-0.39, 0.29) is 18.0 Å². The Morgan fingerprint density at radius 3 is 2.14 bits per heavy atom. The molecule has 0 aliphatic heterocycles. The number of ether oxygens (including phenoxy) is 2. The maximum absolute atomic E-state index is 12.8. The second-order valence-electron chi connectivity index (χ2n) is 7.60. The average molecular weight is 400 g/mol. The van der Waals surface area contributed by atoms with Crippen molar-refractivity contribution in [3.05, 3.63) is 52.6 Å². The van der Waals surface area contributed by atoms with Gasteiger partial charge in [-0.3, -0.25) is 4.79 Å². The lowest BCUT2D eigenvalue weighted by molar-refractivity contribution is -0.709. The van der Waals surface area contributed by atoms with Gasteiger partial charge in [0.1, 0.15) is 6.04 Å². The molecule has 0 aliphatic carbocycles. The van der Waals surface area contributed by atoms with Crippen molar-refractivity contribution >= 4 is 11.6 Å². The minimum absolute atomic E-state index is 0.00266. The van der Waals surface area contributed by atoms with Gasteiger partial charge in [-0.05, 0) is 77.8 Å². The predicted molar refractivity (Wildman–Crippen MR) is 118 cm³/mol. The summed E-state index contributed by atoms with van der Waals surface area (Å²) < 4.78 is 11.4. The van der Waals surface area contributed by atoms with Gasteiger partial charge < -0.3 is 20.1 Å². The number of quaternary nitrogens is 1. The molecule has 158 valence electrons. The molecule has 0 aromatic heterocycles. The van der Waals surface area contributed by atoms with E-state index in [1.165, 1.54) is 5.56 Å². The zero-order chi connectivity index (χ0) is 21.6. The Labute approximate surface area is 174 Å². The molecule has 0 unspecified atom stereocenters. The first-order chi connectivity index (χ1) is 13.8. The largest absolute Gasteiger partial charge is 0.490 e. The summed E-state index contributed by atoms with van der Waals surface area (Å²) >= 11 is 0. The number of anilines is 1. The van der Waals surface area contributed by atoms with Crippen molar-refractivity contribution in [2.24, 2.45) is 0 Å². The van der Waals surface area contributed by atoms with Crippen LogP contribution in [-0.4, -0.2) is 25.2 Å². The number of hydrogen-bond donors (Lipinski definition) is 2. The van der Waals surface area contributed by atoms with Crippen LogP contribution >= 0.6 is 0 Å². The predicted octanol–water partition coefficient (Wildman–Crippen LogP) is 4.06. The molecule has 0 spiro atoms. The van der Waals surface area contributed by atoms with Crippen LogP contribution in [0.3, 0.4) is 0 Å². The highest BCUT2D eigenvalue weighted by atomic mass is 16.5. The second kappa shape index (κ2) is 10.3. The number of aryl methyl sites for hydroxylation is 3. The van der Waals surface area contributed by atoms with Crippen LogP contribution < -0.4 is 20.1 Å². The summed E-state index contributed by atoms with van der Waals surface area (Å²) in [6.07, 6.45) is 0. The molecule has 2 aromatic carbocycles. The van der Waals surface area contributed by atoms with Gasteiger partial charge in [-0.1, -0.05) is 17.7 Å². The summed E-state index contributed by atoms with van der Waals surface area (Å²) in [5, 5.41) is 5.17. The van der Waals surface area contributed by atoms with E-state index in [0.29, 0.717) is 13.2 Å². The molecule has 2 aromatic rings. The van der Waals surface area contributed by atoms with Gasteiger partial charge >= 0.3 is 0 Å². The van der Waals surface area contributed by atoms with Crippen molar-refractivity contribution in [2.75, 3.05) is 18.5 Å². The van der Waals surface area contributed by atoms with Crippen LogP contribution in [0.25, 0.3) is 0 Å². The van der Waals surface area contributed by atoms with Crippen LogP contribution in [0.15, 0.2) is 30.3 Å². The van der Waals surface area contributed by atoms with Crippen molar-refractivity contribution in [3.63, 3.8) is 0 Å². The molecule has 2 rings (SSSR count). The minimum atomic E-state index is -0.229. The molecule has 5 heteroatoms. The van der Waals surface area contributed by atoms with Crippen LogP contribution in [0, 0.1) is 20.8 Å². The van der Waals surface area contributed by atoms with E-state index < -0.39 is 0 Å². The Kier molecular flexibility index (Phi) is 8.09. The summed E-state index contributed by atoms with van der Waals surface area (Å²) in [6.45, 7) is 15.2. The van der Waals surface area contributed by atoms with Gasteiger partial charge in [0, 0.05) is 11.3 Å². The number of carbonyl (C=O) groups excluding carboxylic acids is 1. The van der Waals surface area contributed by atoms with Gasteiger partial charge in [-0.15, -0.1) is 0 Å². The van der Waals surface area contributed by atoms with Crippen molar-refractivity contribution < 1.29 is 19.6 Å². The zero-order valence-corrected chi connectivity index (χ0v) is 18.8. The Morgan fingerprint density at radius 2 is 1.55 bits per heavy atom. The molecule has 2 atom stereocenters. The van der Waals surface area contributed by atoms with E-state index in [1.54, 1.807) is 0 Å². The third-order valence-electron chi connectivity index (χ3n) is 5.01. The third-order valence-corrected chi connectivity index (χ3v) is 5.01. The fourth-order valence-electron chi connectivity index (χ4n) is 3.60. The Balaban J connectivity index is 2.09. The molecule has 0 radical (unpaired) electrons. The molecule has 0 saturated carbocycles. The van der Waals surface area contributed by atoms with Crippen LogP contribution in [0.4, 0.5) is 5.69 Å². The van der Waals surface area contributed by atoms with E-state index in [1.807, 2.05) is 52.8 Å². The maximum atomic E-state index is 12.8. The normalized spacial score (nSPS) is 12.9. The van der Waals surface area contributed by atoms with E-state index >= 15 is 0 Å². The van der Waals surface area contributed by atoms with Crippen molar-refractivity contribution in [3.8, 4) is 11.5 Å². The van der Waals surface area contributed by atoms with Crippen LogP contribution in [-0.2, 0) is 4.79 Å². The summed E-state index contributed by atoms with van der Waals surface area (Å²) in [7, 11) is 0. The SMILES string of the molecule is CCOc1ccc([C@@H](C)[NH2+][C@H](C)C(=O)Nc2c(C)cc(C)cc2C)cc1OCC. The number of benzene rings is 2. The second-order valence-corrected chi connectivity index (χ2v) is 7.60. The summed E-state index contributed by atoms with van der Waals surface area (Å²) in [5.41, 5.74) is 5.38. The molecule has 0 bridgehead atoms. The molecule has 0 heterocycles. The molecule has 5 nitrogen and oxygen atoms in total. The number of carbonyl (C=O) groups is 1. The Morgan fingerprint density at radius 1 is 0.966 bits per heavy atom. The lowest BCUT2D eigenvalue weighted by Crippen LogP contribution is -2.91. The van der Waals surface area contributed by atoms with Crippen molar-refractivity contribution in [1.29, 1.82) is 0 Å². The highest BCUT2D eigenvalue weighted by Crippen LogP contribution is 2.30. The molecule has 1 amide bonds. The number of hydrogen-bond acceptors (Lipinski definition) is 3. The zero-order valence-electron chi connectivity index (χ0n) is 18.8. The lowest BCUT2D eigenvalue weighted by Gasteiger charge is -2.20. The molecular formula is C24H35N2O3+. The molecule has 0 saturated heterocycles. The molecule has 3 N–H and O–H groups in total. The average Bonchev–Trinajstić information content (AvgIpc) is 2.66. The van der Waals surface area contributed by atoms with Gasteiger partial charge in [0.15, 0.2) is 17.5 Å². The highest BCUT2D eigenvalue weighted by molar-refractivity contribution is 5.95. The summed E-state index contributed by atoms with van der Waals surface area (Å²) in [4.78, 5) is 12.8. The van der Waals surface area contributed by atoms with Gasteiger partial charge in [0.25, 0.3) is 5.91 Å². The van der Waals surface area contributed by atoms with Gasteiger partial charge in [0.05, 0.1) is 13.2 Å². The monoisotopic (exact) mass is 399 g/mol. The van der Waals surface area contributed by atoms with E-state index in [4.69, 9.17) is 9.47 Å². The highest BCUT2D eigenvalue weighted by Gasteiger charge is 2.22. The Bertz CT molecular complexity index is 825. The summed E-state index contributed by atoms with van der Waals surface area (Å²) in [5.74, 6) is 1.50. The minimum Gasteiger partial charge on any atom is -0.490 e. The van der Waals surface area contributed by atoms with Crippen LogP contribution in [0.5, 0.6) is 11.5 Å². The number of rotatable bonds is 9. The van der Waals surface area contributed by atoms with Crippen molar-refractivity contribution in [1.82, 2.24) is 0 Å². The molecule has 0 aliphatic rings. The Hall–Kier alpha value is -2.53. The first-order valence-corrected chi connectivity index (χ1v) is 10.4. The molecule has 29 heavy (non-hydrogen) atoms. The van der Waals surface area contributed by atoms with E-state index in [9.17, 15) is 4.79 Å². The van der Waals surface area contributed by atoms with E-state index in [2.05, 4.69) is 36.6 Å². The molecular weight excluding hydrogens is 364 g/mol. The first-order valence-electron chi connectivity index (χ1n) is 10.4. The number of amides is 1. The van der Waals surface area contributed by atoms with Crippen LogP contribution in [0.2, 0.25) is 0 Å². The van der Waals surface area contributed by atoms with Crippen LogP contribution in [0.1, 0.15) is 56.0 Å². The lowest BCUT2D eigenvalue weighted by atomic mass is 10.0. The first kappa shape index (κ1) is 22.8. The fraction of sp³-hybridized carbons (Fsp3) is 0.458. The van der Waals surface area contributed by atoms with E-state index in [0.717, 1.165) is 33.9 Å². The summed E-state index contributed by atoms with van der Waals surface area (Å²) in [6, 6.07) is 10.0. The van der Waals surface area contributed by atoms with Gasteiger partial charge in [0.2, 0.25) is 0 Å². The van der Waals surface area contributed by atoms with Gasteiger partial charge in [-0.25, -0.2) is 0 Å². The molecule has 0 fully saturated rings. The quantitative estimate of drug-likeness (QED) is 0.668. The number of nitrogens with one attached hydrogen (secondary N) is 1.